The molecule has 0 bridgehead atoms. The summed E-state index contributed by atoms with van der Waals surface area (Å²) in [5.74, 6) is 1.50. The molecule has 0 aliphatic rings. The van der Waals surface area contributed by atoms with Gasteiger partial charge in [0.25, 0.3) is 0 Å². The highest BCUT2D eigenvalue weighted by Gasteiger charge is 2.08. The van der Waals surface area contributed by atoms with Gasteiger partial charge in [0.15, 0.2) is 11.5 Å². The molecule has 0 radical (unpaired) electrons. The quantitative estimate of drug-likeness (QED) is 0.880. The van der Waals surface area contributed by atoms with Crippen LogP contribution in [-0.2, 0) is 6.42 Å². The number of benzene rings is 1. The first-order valence-corrected chi connectivity index (χ1v) is 7.22. The monoisotopic (exact) mass is 277 g/mol. The van der Waals surface area contributed by atoms with E-state index < -0.39 is 0 Å². The maximum absolute atomic E-state index is 5.86. The van der Waals surface area contributed by atoms with E-state index in [4.69, 9.17) is 15.2 Å². The first-order valence-electron chi connectivity index (χ1n) is 6.28. The molecular formula is C15H19NO2S. The molecule has 0 aliphatic heterocycles. The van der Waals surface area contributed by atoms with Crippen molar-refractivity contribution in [3.8, 4) is 11.5 Å². The minimum absolute atomic E-state index is 0.00578. The number of ether oxygens (including phenoxy) is 2. The summed E-state index contributed by atoms with van der Waals surface area (Å²) >= 11 is 1.70. The third kappa shape index (κ3) is 3.72. The number of hydrogen-bond acceptors (Lipinski definition) is 4. The van der Waals surface area contributed by atoms with Crippen LogP contribution < -0.4 is 15.2 Å². The van der Waals surface area contributed by atoms with Gasteiger partial charge in [-0.3, -0.25) is 0 Å². The van der Waals surface area contributed by atoms with Crippen LogP contribution in [0.4, 0.5) is 0 Å². The molecule has 0 fully saturated rings. The molecule has 1 aromatic carbocycles. The van der Waals surface area contributed by atoms with Gasteiger partial charge in [-0.15, -0.1) is 0 Å². The Morgan fingerprint density at radius 1 is 1.26 bits per heavy atom. The largest absolute Gasteiger partial charge is 0.493 e. The Labute approximate surface area is 118 Å². The average molecular weight is 277 g/mol. The summed E-state index contributed by atoms with van der Waals surface area (Å²) in [7, 11) is 1.64. The van der Waals surface area contributed by atoms with Crippen molar-refractivity contribution >= 4 is 11.3 Å². The average Bonchev–Trinajstić information content (AvgIpc) is 2.92. The maximum atomic E-state index is 5.86. The second kappa shape index (κ2) is 6.59. The van der Waals surface area contributed by atoms with Gasteiger partial charge in [0.1, 0.15) is 0 Å². The highest BCUT2D eigenvalue weighted by molar-refractivity contribution is 7.07. The Morgan fingerprint density at radius 2 is 2.11 bits per heavy atom. The normalized spacial score (nSPS) is 12.2. The second-order valence-corrected chi connectivity index (χ2v) is 5.21. The van der Waals surface area contributed by atoms with Crippen molar-refractivity contribution in [3.05, 3.63) is 46.2 Å². The molecule has 0 saturated heterocycles. The standard InChI is InChI=1S/C15H19NO2S/c1-11(16)13-3-4-14(15(9-13)17-2)18-7-5-12-6-8-19-10-12/h3-4,6,8-11H,5,7,16H2,1-2H3. The molecule has 1 unspecified atom stereocenters. The lowest BCUT2D eigenvalue weighted by molar-refractivity contribution is 0.297. The van der Waals surface area contributed by atoms with E-state index in [9.17, 15) is 0 Å². The van der Waals surface area contributed by atoms with Gasteiger partial charge in [0.2, 0.25) is 0 Å². The number of methoxy groups -OCH3 is 1. The fourth-order valence-corrected chi connectivity index (χ4v) is 2.50. The SMILES string of the molecule is COc1cc(C(C)N)ccc1OCCc1ccsc1. The Kier molecular flexibility index (Phi) is 4.82. The van der Waals surface area contributed by atoms with Crippen LogP contribution in [0.2, 0.25) is 0 Å². The second-order valence-electron chi connectivity index (χ2n) is 4.43. The number of hydrogen-bond donors (Lipinski definition) is 1. The summed E-state index contributed by atoms with van der Waals surface area (Å²) in [6.07, 6.45) is 0.904. The lowest BCUT2D eigenvalue weighted by Crippen LogP contribution is -2.06. The predicted octanol–water partition coefficient (Wildman–Crippen LogP) is 3.40. The van der Waals surface area contributed by atoms with E-state index in [2.05, 4.69) is 16.8 Å². The van der Waals surface area contributed by atoms with E-state index >= 15 is 0 Å². The molecule has 2 rings (SSSR count). The fourth-order valence-electron chi connectivity index (χ4n) is 1.80. The molecule has 102 valence electrons. The molecule has 3 nitrogen and oxygen atoms in total. The zero-order valence-corrected chi connectivity index (χ0v) is 12.1. The van der Waals surface area contributed by atoms with Crippen molar-refractivity contribution < 1.29 is 9.47 Å². The van der Waals surface area contributed by atoms with Crippen molar-refractivity contribution in [2.45, 2.75) is 19.4 Å². The van der Waals surface area contributed by atoms with Crippen molar-refractivity contribution in [2.24, 2.45) is 5.73 Å². The van der Waals surface area contributed by atoms with Crippen molar-refractivity contribution in [1.29, 1.82) is 0 Å². The molecule has 0 spiro atoms. The third-order valence-corrected chi connectivity index (χ3v) is 3.67. The fraction of sp³-hybridized carbons (Fsp3) is 0.333. The molecule has 2 aromatic rings. The van der Waals surface area contributed by atoms with Crippen LogP contribution in [0.1, 0.15) is 24.1 Å². The van der Waals surface area contributed by atoms with Gasteiger partial charge in [-0.05, 0) is 47.0 Å². The van der Waals surface area contributed by atoms with Gasteiger partial charge >= 0.3 is 0 Å². The van der Waals surface area contributed by atoms with E-state index in [0.29, 0.717) is 6.61 Å². The third-order valence-electron chi connectivity index (χ3n) is 2.94. The molecule has 4 heteroatoms. The van der Waals surface area contributed by atoms with Crippen molar-refractivity contribution in [3.63, 3.8) is 0 Å². The van der Waals surface area contributed by atoms with E-state index in [-0.39, 0.29) is 6.04 Å². The molecule has 0 aliphatic carbocycles. The van der Waals surface area contributed by atoms with Crippen LogP contribution in [0.5, 0.6) is 11.5 Å². The van der Waals surface area contributed by atoms with Gasteiger partial charge in [0, 0.05) is 12.5 Å². The summed E-state index contributed by atoms with van der Waals surface area (Å²) in [4.78, 5) is 0. The van der Waals surface area contributed by atoms with Crippen molar-refractivity contribution in [2.75, 3.05) is 13.7 Å². The predicted molar refractivity (Wildman–Crippen MR) is 79.1 cm³/mol. The Balaban J connectivity index is 1.99. The van der Waals surface area contributed by atoms with Gasteiger partial charge in [-0.25, -0.2) is 0 Å². The molecule has 0 saturated carbocycles. The highest BCUT2D eigenvalue weighted by atomic mass is 32.1. The molecule has 0 amide bonds. The zero-order chi connectivity index (χ0) is 13.7. The van der Waals surface area contributed by atoms with Crippen LogP contribution in [0.15, 0.2) is 35.0 Å². The van der Waals surface area contributed by atoms with E-state index in [1.807, 2.05) is 25.1 Å². The lowest BCUT2D eigenvalue weighted by atomic mass is 10.1. The summed E-state index contributed by atoms with van der Waals surface area (Å²) in [6, 6.07) is 7.95. The van der Waals surface area contributed by atoms with Gasteiger partial charge in [-0.2, -0.15) is 11.3 Å². The molecule has 19 heavy (non-hydrogen) atoms. The number of nitrogens with two attached hydrogens (primary N) is 1. The van der Waals surface area contributed by atoms with Gasteiger partial charge in [0.05, 0.1) is 13.7 Å². The smallest absolute Gasteiger partial charge is 0.161 e. The lowest BCUT2D eigenvalue weighted by Gasteiger charge is -2.13. The molecule has 1 atom stereocenters. The Hall–Kier alpha value is -1.52. The van der Waals surface area contributed by atoms with Gasteiger partial charge in [-0.1, -0.05) is 6.07 Å². The summed E-state index contributed by atoms with van der Waals surface area (Å²) in [6.45, 7) is 2.59. The van der Waals surface area contributed by atoms with E-state index in [1.165, 1.54) is 5.56 Å². The van der Waals surface area contributed by atoms with E-state index in [1.54, 1.807) is 18.4 Å². The Morgan fingerprint density at radius 3 is 2.74 bits per heavy atom. The molecular weight excluding hydrogens is 258 g/mol. The zero-order valence-electron chi connectivity index (χ0n) is 11.3. The first-order chi connectivity index (χ1) is 9.20. The molecule has 1 heterocycles. The van der Waals surface area contributed by atoms with Crippen LogP contribution in [0.25, 0.3) is 0 Å². The van der Waals surface area contributed by atoms with Crippen LogP contribution in [0.3, 0.4) is 0 Å². The number of rotatable bonds is 6. The summed E-state index contributed by atoms with van der Waals surface area (Å²) in [5.41, 5.74) is 8.20. The van der Waals surface area contributed by atoms with Crippen LogP contribution >= 0.6 is 11.3 Å². The van der Waals surface area contributed by atoms with Crippen molar-refractivity contribution in [1.82, 2.24) is 0 Å². The topological polar surface area (TPSA) is 44.5 Å². The van der Waals surface area contributed by atoms with Crippen LogP contribution in [0, 0.1) is 0 Å². The Bertz CT molecular complexity index is 509. The highest BCUT2D eigenvalue weighted by Crippen LogP contribution is 2.29. The first kappa shape index (κ1) is 13.9. The van der Waals surface area contributed by atoms with Crippen LogP contribution in [-0.4, -0.2) is 13.7 Å². The minimum atomic E-state index is -0.00578. The molecule has 2 N–H and O–H groups in total. The summed E-state index contributed by atoms with van der Waals surface area (Å²) in [5, 5.41) is 4.22. The molecule has 1 aromatic heterocycles. The summed E-state index contributed by atoms with van der Waals surface area (Å²) < 4.78 is 11.1. The minimum Gasteiger partial charge on any atom is -0.493 e. The van der Waals surface area contributed by atoms with E-state index in [0.717, 1.165) is 23.5 Å². The number of thiophene rings is 1. The maximum Gasteiger partial charge on any atom is 0.161 e. The van der Waals surface area contributed by atoms with Gasteiger partial charge < -0.3 is 15.2 Å².